The molecule has 3 rings (SSSR count). The third-order valence-corrected chi connectivity index (χ3v) is 4.44. The van der Waals surface area contributed by atoms with Crippen LogP contribution in [0.15, 0.2) is 42.5 Å². The van der Waals surface area contributed by atoms with E-state index < -0.39 is 18.0 Å². The van der Waals surface area contributed by atoms with Gasteiger partial charge in [0.2, 0.25) is 0 Å². The summed E-state index contributed by atoms with van der Waals surface area (Å²) in [6.07, 6.45) is -0.605. The van der Waals surface area contributed by atoms with E-state index in [0.29, 0.717) is 36.8 Å². The third-order valence-electron chi connectivity index (χ3n) is 4.44. The van der Waals surface area contributed by atoms with Crippen LogP contribution in [0.1, 0.15) is 17.2 Å². The average molecular weight is 374 g/mol. The molecule has 0 bridgehead atoms. The van der Waals surface area contributed by atoms with E-state index in [4.69, 9.17) is 14.2 Å². The van der Waals surface area contributed by atoms with Gasteiger partial charge in [0.25, 0.3) is 5.91 Å². The molecule has 6 nitrogen and oxygen atoms in total. The van der Waals surface area contributed by atoms with Gasteiger partial charge in [0, 0.05) is 18.7 Å². The summed E-state index contributed by atoms with van der Waals surface area (Å²) in [5.41, 5.74) is 1.26. The molecule has 2 aromatic carbocycles. The number of methoxy groups -OCH3 is 2. The Hall–Kier alpha value is -2.64. The van der Waals surface area contributed by atoms with E-state index in [0.717, 1.165) is 5.56 Å². The fourth-order valence-corrected chi connectivity index (χ4v) is 3.06. The number of hydrogen-bond donors (Lipinski definition) is 2. The zero-order valence-electron chi connectivity index (χ0n) is 15.3. The summed E-state index contributed by atoms with van der Waals surface area (Å²) in [5.74, 6) is 0.426. The number of morpholine rings is 1. The molecule has 144 valence electrons. The normalized spacial score (nSPS) is 17.8. The van der Waals surface area contributed by atoms with Gasteiger partial charge in [0.1, 0.15) is 23.4 Å². The summed E-state index contributed by atoms with van der Waals surface area (Å²) in [7, 11) is 3.08. The second kappa shape index (κ2) is 8.83. The summed E-state index contributed by atoms with van der Waals surface area (Å²) >= 11 is 0. The first-order valence-corrected chi connectivity index (χ1v) is 8.72. The average Bonchev–Trinajstić information content (AvgIpc) is 2.72. The van der Waals surface area contributed by atoms with E-state index in [1.165, 1.54) is 19.2 Å². The topological polar surface area (TPSA) is 68.8 Å². The Morgan fingerprint density at radius 2 is 2.11 bits per heavy atom. The maximum Gasteiger partial charge on any atom is 0.251 e. The number of hydrogen-bond acceptors (Lipinski definition) is 5. The molecule has 2 unspecified atom stereocenters. The van der Waals surface area contributed by atoms with E-state index in [9.17, 15) is 9.18 Å². The molecule has 0 aromatic heterocycles. The largest absolute Gasteiger partial charge is 0.497 e. The summed E-state index contributed by atoms with van der Waals surface area (Å²) < 4.78 is 30.2. The molecule has 1 amide bonds. The smallest absolute Gasteiger partial charge is 0.251 e. The van der Waals surface area contributed by atoms with Crippen molar-refractivity contribution in [3.05, 3.63) is 59.4 Å². The lowest BCUT2D eigenvalue weighted by Gasteiger charge is -2.27. The Balaban J connectivity index is 1.98. The van der Waals surface area contributed by atoms with Gasteiger partial charge in [-0.1, -0.05) is 12.1 Å². The van der Waals surface area contributed by atoms with Crippen molar-refractivity contribution in [1.29, 1.82) is 0 Å². The minimum Gasteiger partial charge on any atom is -0.497 e. The first-order chi connectivity index (χ1) is 13.1. The molecule has 0 aliphatic carbocycles. The van der Waals surface area contributed by atoms with Gasteiger partial charge in [-0.25, -0.2) is 4.39 Å². The van der Waals surface area contributed by atoms with Crippen molar-refractivity contribution >= 4 is 5.91 Å². The van der Waals surface area contributed by atoms with E-state index in [-0.39, 0.29) is 5.91 Å². The molecule has 2 atom stereocenters. The van der Waals surface area contributed by atoms with E-state index in [1.807, 2.05) is 12.1 Å². The molecule has 27 heavy (non-hydrogen) atoms. The molecular formula is C20H23FN2O4. The van der Waals surface area contributed by atoms with Crippen molar-refractivity contribution in [2.45, 2.75) is 12.1 Å². The Morgan fingerprint density at radius 3 is 2.81 bits per heavy atom. The minimum atomic E-state index is -0.622. The zero-order valence-corrected chi connectivity index (χ0v) is 15.3. The van der Waals surface area contributed by atoms with Crippen LogP contribution in [-0.4, -0.2) is 45.9 Å². The quantitative estimate of drug-likeness (QED) is 0.810. The molecular weight excluding hydrogens is 351 g/mol. The zero-order chi connectivity index (χ0) is 19.2. The van der Waals surface area contributed by atoms with Crippen LogP contribution in [0.3, 0.4) is 0 Å². The summed E-state index contributed by atoms with van der Waals surface area (Å²) in [4.78, 5) is 12.8. The van der Waals surface area contributed by atoms with Crippen molar-refractivity contribution in [2.24, 2.45) is 0 Å². The van der Waals surface area contributed by atoms with Gasteiger partial charge in [-0.3, -0.25) is 4.79 Å². The van der Waals surface area contributed by atoms with Gasteiger partial charge < -0.3 is 24.8 Å². The SMILES string of the molecule is COc1cccc(C(NC(=O)C2CNCCO2)c2cc(F)ccc2OC)c1. The fourth-order valence-electron chi connectivity index (χ4n) is 3.06. The Labute approximate surface area is 157 Å². The van der Waals surface area contributed by atoms with Crippen LogP contribution in [0.2, 0.25) is 0 Å². The number of carbonyl (C=O) groups excluding carboxylic acids is 1. The number of carbonyl (C=O) groups is 1. The second-order valence-electron chi connectivity index (χ2n) is 6.17. The molecule has 2 N–H and O–H groups in total. The minimum absolute atomic E-state index is 0.277. The molecule has 2 aromatic rings. The number of halogens is 1. The molecule has 1 saturated heterocycles. The summed E-state index contributed by atoms with van der Waals surface area (Å²) in [6, 6.07) is 10.9. The van der Waals surface area contributed by atoms with Crippen LogP contribution in [0.25, 0.3) is 0 Å². The first-order valence-electron chi connectivity index (χ1n) is 8.72. The maximum atomic E-state index is 14.0. The number of nitrogens with one attached hydrogen (secondary N) is 2. The summed E-state index contributed by atoms with van der Waals surface area (Å²) in [5, 5.41) is 6.09. The molecule has 0 radical (unpaired) electrons. The molecule has 1 aliphatic rings. The van der Waals surface area contributed by atoms with Crippen molar-refractivity contribution in [1.82, 2.24) is 10.6 Å². The van der Waals surface area contributed by atoms with Gasteiger partial charge in [-0.2, -0.15) is 0 Å². The highest BCUT2D eigenvalue weighted by Crippen LogP contribution is 2.32. The second-order valence-corrected chi connectivity index (χ2v) is 6.17. The van der Waals surface area contributed by atoms with Crippen molar-refractivity contribution in [3.8, 4) is 11.5 Å². The number of rotatable bonds is 6. The van der Waals surface area contributed by atoms with Gasteiger partial charge in [0.05, 0.1) is 26.9 Å². The van der Waals surface area contributed by atoms with Gasteiger partial charge in [0.15, 0.2) is 0 Å². The molecule has 1 aliphatic heterocycles. The Morgan fingerprint density at radius 1 is 1.26 bits per heavy atom. The standard InChI is InChI=1S/C20H23FN2O4/c1-25-15-5-3-4-13(10-15)19(16-11-14(21)6-7-17(16)26-2)23-20(24)18-12-22-8-9-27-18/h3-7,10-11,18-19,22H,8-9,12H2,1-2H3,(H,23,24). The third kappa shape index (κ3) is 4.56. The first kappa shape index (κ1) is 19.1. The van der Waals surface area contributed by atoms with Crippen LogP contribution in [0.4, 0.5) is 4.39 Å². The fraction of sp³-hybridized carbons (Fsp3) is 0.350. The lowest BCUT2D eigenvalue weighted by molar-refractivity contribution is -0.134. The van der Waals surface area contributed by atoms with Crippen LogP contribution in [-0.2, 0) is 9.53 Å². The molecule has 0 saturated carbocycles. The van der Waals surface area contributed by atoms with Crippen molar-refractivity contribution in [3.63, 3.8) is 0 Å². The number of amides is 1. The monoisotopic (exact) mass is 374 g/mol. The highest BCUT2D eigenvalue weighted by molar-refractivity contribution is 5.82. The van der Waals surface area contributed by atoms with Gasteiger partial charge in [-0.05, 0) is 35.9 Å². The molecule has 7 heteroatoms. The van der Waals surface area contributed by atoms with Crippen molar-refractivity contribution < 1.29 is 23.4 Å². The predicted octanol–water partition coefficient (Wildman–Crippen LogP) is 2.04. The number of ether oxygens (including phenoxy) is 3. The Bertz CT molecular complexity index is 793. The van der Waals surface area contributed by atoms with Crippen LogP contribution in [0.5, 0.6) is 11.5 Å². The molecule has 0 spiro atoms. The van der Waals surface area contributed by atoms with Crippen LogP contribution < -0.4 is 20.1 Å². The highest BCUT2D eigenvalue weighted by Gasteiger charge is 2.27. The predicted molar refractivity (Wildman–Crippen MR) is 98.5 cm³/mol. The maximum absolute atomic E-state index is 14.0. The van der Waals surface area contributed by atoms with Crippen LogP contribution >= 0.6 is 0 Å². The summed E-state index contributed by atoms with van der Waals surface area (Å²) in [6.45, 7) is 1.60. The number of benzene rings is 2. The lowest BCUT2D eigenvalue weighted by atomic mass is 9.97. The molecule has 1 fully saturated rings. The van der Waals surface area contributed by atoms with Gasteiger partial charge >= 0.3 is 0 Å². The Kier molecular flexibility index (Phi) is 6.26. The molecule has 1 heterocycles. The lowest BCUT2D eigenvalue weighted by Crippen LogP contribution is -2.48. The van der Waals surface area contributed by atoms with Crippen molar-refractivity contribution in [2.75, 3.05) is 33.9 Å². The van der Waals surface area contributed by atoms with E-state index >= 15 is 0 Å². The van der Waals surface area contributed by atoms with Crippen LogP contribution in [0, 0.1) is 5.82 Å². The highest BCUT2D eigenvalue weighted by atomic mass is 19.1. The van der Waals surface area contributed by atoms with E-state index in [1.54, 1.807) is 25.3 Å². The van der Waals surface area contributed by atoms with Gasteiger partial charge in [-0.15, -0.1) is 0 Å². The van der Waals surface area contributed by atoms with E-state index in [2.05, 4.69) is 10.6 Å².